The fourth-order valence-electron chi connectivity index (χ4n) is 3.24. The summed E-state index contributed by atoms with van der Waals surface area (Å²) in [5, 5.41) is 4.36. The van der Waals surface area contributed by atoms with Crippen molar-refractivity contribution in [2.75, 3.05) is 31.6 Å². The Labute approximate surface area is 186 Å². The van der Waals surface area contributed by atoms with Gasteiger partial charge in [-0.25, -0.2) is 9.97 Å². The van der Waals surface area contributed by atoms with Gasteiger partial charge in [-0.1, -0.05) is 35.8 Å². The van der Waals surface area contributed by atoms with Crippen LogP contribution in [0, 0.1) is 0 Å². The second-order valence-corrected chi connectivity index (χ2v) is 7.68. The lowest BCUT2D eigenvalue weighted by Gasteiger charge is -2.19. The van der Waals surface area contributed by atoms with Crippen LogP contribution in [0.3, 0.4) is 0 Å². The minimum atomic E-state index is 0.556. The lowest BCUT2D eigenvalue weighted by atomic mass is 10.2. The van der Waals surface area contributed by atoms with Gasteiger partial charge >= 0.3 is 0 Å². The fourth-order valence-corrected chi connectivity index (χ4v) is 3.64. The number of benzene rings is 2. The Bertz CT molecular complexity index is 992. The van der Waals surface area contributed by atoms with E-state index >= 15 is 0 Å². The molecule has 2 aromatic carbocycles. The molecular weight excluding hydrogens is 444 g/mol. The minimum Gasteiger partial charge on any atom is -0.490 e. The van der Waals surface area contributed by atoms with E-state index < -0.39 is 0 Å². The van der Waals surface area contributed by atoms with E-state index in [2.05, 4.69) is 40.0 Å². The highest BCUT2D eigenvalue weighted by atomic mass is 79.9. The van der Waals surface area contributed by atoms with Crippen LogP contribution in [-0.2, 0) is 6.54 Å². The van der Waals surface area contributed by atoms with Crippen LogP contribution in [0.5, 0.6) is 11.5 Å². The summed E-state index contributed by atoms with van der Waals surface area (Å²) in [6, 6.07) is 11.9. The molecule has 1 aromatic heterocycles. The van der Waals surface area contributed by atoms with E-state index in [-0.39, 0.29) is 0 Å². The van der Waals surface area contributed by atoms with Crippen molar-refractivity contribution >= 4 is 38.3 Å². The molecule has 0 aliphatic rings. The molecule has 0 saturated carbocycles. The van der Waals surface area contributed by atoms with E-state index in [1.807, 2.05) is 50.2 Å². The number of aromatic nitrogens is 2. The summed E-state index contributed by atoms with van der Waals surface area (Å²) >= 11 is 3.53. The van der Waals surface area contributed by atoms with E-state index in [1.54, 1.807) is 0 Å². The molecule has 160 valence electrons. The molecule has 1 N–H and O–H groups in total. The minimum absolute atomic E-state index is 0.556. The summed E-state index contributed by atoms with van der Waals surface area (Å²) in [4.78, 5) is 12.0. The molecule has 0 amide bonds. The largest absolute Gasteiger partial charge is 0.490 e. The van der Waals surface area contributed by atoms with Gasteiger partial charge in [0.25, 0.3) is 0 Å². The molecule has 0 saturated heterocycles. The monoisotopic (exact) mass is 472 g/mol. The zero-order valence-corrected chi connectivity index (χ0v) is 19.6. The second-order valence-electron chi connectivity index (χ2n) is 6.77. The topological polar surface area (TPSA) is 59.5 Å². The molecule has 0 spiro atoms. The number of ether oxygens (including phenoxy) is 2. The number of rotatable bonds is 10. The lowest BCUT2D eigenvalue weighted by Crippen LogP contribution is -2.23. The Morgan fingerprint density at radius 3 is 2.27 bits per heavy atom. The number of nitrogens with one attached hydrogen (secondary N) is 1. The Balaban J connectivity index is 2.13. The third-order valence-corrected chi connectivity index (χ3v) is 5.25. The second kappa shape index (κ2) is 10.6. The lowest BCUT2D eigenvalue weighted by molar-refractivity contribution is 0.287. The first-order chi connectivity index (χ1) is 14.6. The predicted octanol–water partition coefficient (Wildman–Crippen LogP) is 5.78. The molecule has 0 radical (unpaired) electrons. The molecule has 0 atom stereocenters. The van der Waals surface area contributed by atoms with Gasteiger partial charge in [0.2, 0.25) is 0 Å². The number of hydrogen-bond donors (Lipinski definition) is 1. The summed E-state index contributed by atoms with van der Waals surface area (Å²) in [7, 11) is 0. The molecule has 7 heteroatoms. The van der Waals surface area contributed by atoms with Gasteiger partial charge in [-0.15, -0.1) is 0 Å². The maximum Gasteiger partial charge on any atom is 0.163 e. The van der Waals surface area contributed by atoms with Crippen molar-refractivity contribution in [2.24, 2.45) is 0 Å². The molecule has 0 aliphatic carbocycles. The highest BCUT2D eigenvalue weighted by molar-refractivity contribution is 9.10. The number of fused-ring (bicyclic) bond motifs is 1. The molecule has 6 nitrogen and oxygen atoms in total. The van der Waals surface area contributed by atoms with Crippen molar-refractivity contribution in [2.45, 2.75) is 34.2 Å². The SMILES string of the molecule is CCOc1cc2nc(CN(CC)CC)nc(Nc3cccc(Br)c3)c2cc1OCC. The van der Waals surface area contributed by atoms with Crippen LogP contribution < -0.4 is 14.8 Å². The molecule has 0 fully saturated rings. The summed E-state index contributed by atoms with van der Waals surface area (Å²) in [5.41, 5.74) is 1.78. The number of hydrogen-bond acceptors (Lipinski definition) is 6. The van der Waals surface area contributed by atoms with Gasteiger partial charge < -0.3 is 14.8 Å². The Hall–Kier alpha value is -2.38. The van der Waals surface area contributed by atoms with Gasteiger partial charge in [0.1, 0.15) is 11.6 Å². The average Bonchev–Trinajstić information content (AvgIpc) is 2.73. The molecule has 0 aliphatic heterocycles. The fraction of sp³-hybridized carbons (Fsp3) is 0.391. The smallest absolute Gasteiger partial charge is 0.163 e. The number of halogens is 1. The summed E-state index contributed by atoms with van der Waals surface area (Å²) in [5.74, 6) is 2.93. The quantitative estimate of drug-likeness (QED) is 0.403. The third-order valence-electron chi connectivity index (χ3n) is 4.75. The summed E-state index contributed by atoms with van der Waals surface area (Å²) < 4.78 is 12.6. The van der Waals surface area contributed by atoms with Gasteiger partial charge in [-0.2, -0.15) is 0 Å². The van der Waals surface area contributed by atoms with Crippen LogP contribution in [0.2, 0.25) is 0 Å². The third kappa shape index (κ3) is 5.40. The highest BCUT2D eigenvalue weighted by Crippen LogP contribution is 2.35. The highest BCUT2D eigenvalue weighted by Gasteiger charge is 2.15. The Morgan fingerprint density at radius 1 is 0.933 bits per heavy atom. The van der Waals surface area contributed by atoms with Crippen LogP contribution >= 0.6 is 15.9 Å². The van der Waals surface area contributed by atoms with E-state index in [1.165, 1.54) is 0 Å². The van der Waals surface area contributed by atoms with Gasteiger partial charge in [0.15, 0.2) is 11.5 Å². The van der Waals surface area contributed by atoms with E-state index in [4.69, 9.17) is 19.4 Å². The van der Waals surface area contributed by atoms with Crippen molar-refractivity contribution in [1.29, 1.82) is 0 Å². The molecule has 1 heterocycles. The van der Waals surface area contributed by atoms with Gasteiger partial charge in [-0.05, 0) is 51.2 Å². The van der Waals surface area contributed by atoms with Gasteiger partial charge in [0, 0.05) is 21.6 Å². The van der Waals surface area contributed by atoms with Crippen molar-refractivity contribution < 1.29 is 9.47 Å². The number of nitrogens with zero attached hydrogens (tertiary/aromatic N) is 3. The van der Waals surface area contributed by atoms with Crippen LogP contribution in [0.1, 0.15) is 33.5 Å². The van der Waals surface area contributed by atoms with Crippen LogP contribution in [0.15, 0.2) is 40.9 Å². The normalized spacial score (nSPS) is 11.1. The molecule has 30 heavy (non-hydrogen) atoms. The summed E-state index contributed by atoms with van der Waals surface area (Å²) in [6.07, 6.45) is 0. The maximum atomic E-state index is 5.83. The molecule has 3 aromatic rings. The molecule has 3 rings (SSSR count). The predicted molar refractivity (Wildman–Crippen MR) is 126 cm³/mol. The zero-order chi connectivity index (χ0) is 21.5. The van der Waals surface area contributed by atoms with Crippen LogP contribution in [0.4, 0.5) is 11.5 Å². The van der Waals surface area contributed by atoms with Crippen LogP contribution in [0.25, 0.3) is 10.9 Å². The van der Waals surface area contributed by atoms with Crippen molar-refractivity contribution in [3.8, 4) is 11.5 Å². The molecule has 0 bridgehead atoms. The van der Waals surface area contributed by atoms with Gasteiger partial charge in [-0.3, -0.25) is 4.90 Å². The van der Waals surface area contributed by atoms with E-state index in [0.29, 0.717) is 31.3 Å². The average molecular weight is 473 g/mol. The number of anilines is 2. The van der Waals surface area contributed by atoms with E-state index in [0.717, 1.165) is 45.8 Å². The standard InChI is InChI=1S/C23H29BrN4O2/c1-5-28(6-2)15-22-26-19-14-21(30-8-4)20(29-7-3)13-18(19)23(27-22)25-17-11-9-10-16(24)12-17/h9-14H,5-8,15H2,1-4H3,(H,25,26,27). The zero-order valence-electron chi connectivity index (χ0n) is 18.0. The van der Waals surface area contributed by atoms with Crippen molar-refractivity contribution in [1.82, 2.24) is 14.9 Å². The van der Waals surface area contributed by atoms with Crippen molar-refractivity contribution in [3.05, 3.63) is 46.7 Å². The molecular formula is C23H29BrN4O2. The maximum absolute atomic E-state index is 5.83. The summed E-state index contributed by atoms with van der Waals surface area (Å²) in [6.45, 7) is 11.9. The molecule has 0 unspecified atom stereocenters. The first-order valence-corrected chi connectivity index (χ1v) is 11.2. The Morgan fingerprint density at radius 2 is 1.63 bits per heavy atom. The van der Waals surface area contributed by atoms with E-state index in [9.17, 15) is 0 Å². The van der Waals surface area contributed by atoms with Gasteiger partial charge in [0.05, 0.1) is 25.3 Å². The van der Waals surface area contributed by atoms with Crippen molar-refractivity contribution in [3.63, 3.8) is 0 Å². The Kier molecular flexibility index (Phi) is 7.87. The van der Waals surface area contributed by atoms with Crippen LogP contribution in [-0.4, -0.2) is 41.2 Å². The first kappa shape index (κ1) is 22.3. The first-order valence-electron chi connectivity index (χ1n) is 10.4.